The molecule has 0 fully saturated rings. The molecule has 1 amide bonds. The lowest BCUT2D eigenvalue weighted by Gasteiger charge is -2.00. The lowest BCUT2D eigenvalue weighted by Crippen LogP contribution is -2.16. The number of fused-ring (bicyclic) bond motifs is 1. The van der Waals surface area contributed by atoms with E-state index in [1.807, 2.05) is 0 Å². The van der Waals surface area contributed by atoms with Gasteiger partial charge in [0, 0.05) is 17.6 Å². The number of H-pyrrole nitrogens is 1. The molecule has 3 N–H and O–H groups in total. The summed E-state index contributed by atoms with van der Waals surface area (Å²) in [7, 11) is 0. The summed E-state index contributed by atoms with van der Waals surface area (Å²) in [6.45, 7) is 0. The third-order valence-corrected chi connectivity index (χ3v) is 1.91. The third kappa shape index (κ3) is 1.24. The minimum Gasteiger partial charge on any atom is -0.366 e. The molecule has 0 aliphatic carbocycles. The van der Waals surface area contributed by atoms with Gasteiger partial charge in [-0.25, -0.2) is 0 Å². The third-order valence-electron chi connectivity index (χ3n) is 1.91. The first-order chi connectivity index (χ1) is 6.68. The Hall–Kier alpha value is -2.17. The molecule has 14 heavy (non-hydrogen) atoms. The highest BCUT2D eigenvalue weighted by Crippen LogP contribution is 2.11. The van der Waals surface area contributed by atoms with Crippen LogP contribution in [0.3, 0.4) is 0 Å². The van der Waals surface area contributed by atoms with Crippen LogP contribution in [-0.4, -0.2) is 15.9 Å². The van der Waals surface area contributed by atoms with Crippen LogP contribution >= 0.6 is 0 Å². The van der Waals surface area contributed by atoms with Crippen LogP contribution in [0.5, 0.6) is 0 Å². The van der Waals surface area contributed by atoms with Crippen LogP contribution in [0.25, 0.3) is 10.9 Å². The van der Waals surface area contributed by atoms with Crippen molar-refractivity contribution in [3.05, 3.63) is 40.4 Å². The average Bonchev–Trinajstić information content (AvgIpc) is 2.16. The second kappa shape index (κ2) is 2.95. The standard InChI is InChI=1S/C9H7N3O2/c10-9(14)6-3-8(13)12-7-4-11-2-1-5(6)7/h1-4H,(H2,10,14)(H,12,13). The molecule has 70 valence electrons. The van der Waals surface area contributed by atoms with Crippen molar-refractivity contribution in [2.45, 2.75) is 0 Å². The number of aromatic amines is 1. The minimum atomic E-state index is -0.618. The van der Waals surface area contributed by atoms with Gasteiger partial charge in [-0.05, 0) is 6.07 Å². The van der Waals surface area contributed by atoms with Crippen LogP contribution in [0, 0.1) is 0 Å². The van der Waals surface area contributed by atoms with Crippen molar-refractivity contribution in [3.63, 3.8) is 0 Å². The molecule has 0 unspecified atom stereocenters. The summed E-state index contributed by atoms with van der Waals surface area (Å²) in [5.41, 5.74) is 5.50. The Bertz CT molecular complexity index is 559. The number of pyridine rings is 2. The molecule has 2 heterocycles. The highest BCUT2D eigenvalue weighted by Gasteiger charge is 2.07. The average molecular weight is 189 g/mol. The molecule has 2 aromatic rings. The number of rotatable bonds is 1. The van der Waals surface area contributed by atoms with Crippen molar-refractivity contribution < 1.29 is 4.79 Å². The number of hydrogen-bond donors (Lipinski definition) is 2. The molecule has 0 atom stereocenters. The topological polar surface area (TPSA) is 88.8 Å². The fraction of sp³-hybridized carbons (Fsp3) is 0. The van der Waals surface area contributed by atoms with Gasteiger partial charge in [-0.15, -0.1) is 0 Å². The Morgan fingerprint density at radius 2 is 2.29 bits per heavy atom. The first-order valence-electron chi connectivity index (χ1n) is 3.95. The number of nitrogens with zero attached hydrogens (tertiary/aromatic N) is 1. The van der Waals surface area contributed by atoms with Gasteiger partial charge in [-0.1, -0.05) is 0 Å². The molecule has 5 nitrogen and oxygen atoms in total. The van der Waals surface area contributed by atoms with Crippen molar-refractivity contribution in [1.82, 2.24) is 9.97 Å². The lowest BCUT2D eigenvalue weighted by atomic mass is 10.1. The Labute approximate surface area is 78.6 Å². The monoisotopic (exact) mass is 189 g/mol. The Kier molecular flexibility index (Phi) is 1.78. The highest BCUT2D eigenvalue weighted by molar-refractivity contribution is 6.04. The van der Waals surface area contributed by atoms with E-state index in [1.165, 1.54) is 18.5 Å². The summed E-state index contributed by atoms with van der Waals surface area (Å²) in [4.78, 5) is 28.5. The van der Waals surface area contributed by atoms with Gasteiger partial charge in [-0.2, -0.15) is 0 Å². The minimum absolute atomic E-state index is 0.214. The number of primary amides is 1. The molecule has 0 aromatic carbocycles. The smallest absolute Gasteiger partial charge is 0.249 e. The quantitative estimate of drug-likeness (QED) is 0.662. The van der Waals surface area contributed by atoms with E-state index >= 15 is 0 Å². The molecule has 2 rings (SSSR count). The van der Waals surface area contributed by atoms with E-state index in [0.29, 0.717) is 10.9 Å². The Balaban J connectivity index is 2.94. The van der Waals surface area contributed by atoms with Crippen molar-refractivity contribution in [3.8, 4) is 0 Å². The van der Waals surface area contributed by atoms with E-state index in [1.54, 1.807) is 6.07 Å². The molecule has 0 spiro atoms. The number of carbonyl (C=O) groups is 1. The number of aromatic nitrogens is 2. The van der Waals surface area contributed by atoms with Gasteiger partial charge in [-0.3, -0.25) is 14.6 Å². The van der Waals surface area contributed by atoms with E-state index in [0.717, 1.165) is 0 Å². The second-order valence-corrected chi connectivity index (χ2v) is 2.83. The van der Waals surface area contributed by atoms with Crippen molar-refractivity contribution >= 4 is 16.8 Å². The zero-order valence-corrected chi connectivity index (χ0v) is 7.15. The lowest BCUT2D eigenvalue weighted by molar-refractivity contribution is 0.100. The molecule has 0 aliphatic heterocycles. The Morgan fingerprint density at radius 1 is 1.50 bits per heavy atom. The van der Waals surface area contributed by atoms with E-state index in [-0.39, 0.29) is 11.1 Å². The van der Waals surface area contributed by atoms with Gasteiger partial charge in [0.05, 0.1) is 17.3 Å². The maximum Gasteiger partial charge on any atom is 0.249 e. The SMILES string of the molecule is NC(=O)c1cc(=O)[nH]c2cnccc12. The van der Waals surface area contributed by atoms with Gasteiger partial charge >= 0.3 is 0 Å². The summed E-state index contributed by atoms with van der Waals surface area (Å²) in [5.74, 6) is -0.618. The van der Waals surface area contributed by atoms with Gasteiger partial charge < -0.3 is 10.7 Å². The normalized spacial score (nSPS) is 10.3. The van der Waals surface area contributed by atoms with Crippen LogP contribution in [0.15, 0.2) is 29.3 Å². The number of amides is 1. The number of hydrogen-bond acceptors (Lipinski definition) is 3. The highest BCUT2D eigenvalue weighted by atomic mass is 16.1. The molecule has 5 heteroatoms. The van der Waals surface area contributed by atoms with Gasteiger partial charge in [0.15, 0.2) is 0 Å². The molecule has 0 bridgehead atoms. The van der Waals surface area contributed by atoms with Crippen LogP contribution < -0.4 is 11.3 Å². The summed E-state index contributed by atoms with van der Waals surface area (Å²) in [6, 6.07) is 2.82. The maximum atomic E-state index is 11.1. The van der Waals surface area contributed by atoms with E-state index in [9.17, 15) is 9.59 Å². The predicted molar refractivity (Wildman–Crippen MR) is 50.9 cm³/mol. The summed E-state index contributed by atoms with van der Waals surface area (Å²) in [5, 5.41) is 0.604. The maximum absolute atomic E-state index is 11.1. The zero-order valence-electron chi connectivity index (χ0n) is 7.15. The van der Waals surface area contributed by atoms with Crippen molar-refractivity contribution in [2.75, 3.05) is 0 Å². The first kappa shape index (κ1) is 8.43. The second-order valence-electron chi connectivity index (χ2n) is 2.83. The molecule has 0 saturated heterocycles. The van der Waals surface area contributed by atoms with E-state index in [2.05, 4.69) is 9.97 Å². The van der Waals surface area contributed by atoms with Crippen molar-refractivity contribution in [1.29, 1.82) is 0 Å². The molecule has 0 aliphatic rings. The van der Waals surface area contributed by atoms with Crippen LogP contribution in [0.4, 0.5) is 0 Å². The number of nitrogens with two attached hydrogens (primary N) is 1. The molecule has 0 saturated carbocycles. The number of nitrogens with one attached hydrogen (secondary N) is 1. The van der Waals surface area contributed by atoms with E-state index in [4.69, 9.17) is 5.73 Å². The van der Waals surface area contributed by atoms with Crippen LogP contribution in [-0.2, 0) is 0 Å². The van der Waals surface area contributed by atoms with E-state index < -0.39 is 5.91 Å². The molecular weight excluding hydrogens is 182 g/mol. The molecular formula is C9H7N3O2. The van der Waals surface area contributed by atoms with Crippen LogP contribution in [0.2, 0.25) is 0 Å². The summed E-state index contributed by atoms with van der Waals surface area (Å²) >= 11 is 0. The number of carbonyl (C=O) groups excluding carboxylic acids is 1. The first-order valence-corrected chi connectivity index (χ1v) is 3.95. The van der Waals surface area contributed by atoms with Crippen molar-refractivity contribution in [2.24, 2.45) is 5.73 Å². The zero-order chi connectivity index (χ0) is 10.1. The fourth-order valence-electron chi connectivity index (χ4n) is 1.31. The summed E-state index contributed by atoms with van der Waals surface area (Å²) in [6.07, 6.45) is 3.01. The van der Waals surface area contributed by atoms with Gasteiger partial charge in [0.1, 0.15) is 0 Å². The summed E-state index contributed by atoms with van der Waals surface area (Å²) < 4.78 is 0. The van der Waals surface area contributed by atoms with Gasteiger partial charge in [0.2, 0.25) is 11.5 Å². The molecule has 2 aromatic heterocycles. The largest absolute Gasteiger partial charge is 0.366 e. The molecule has 0 radical (unpaired) electrons. The van der Waals surface area contributed by atoms with Gasteiger partial charge in [0.25, 0.3) is 0 Å². The fourth-order valence-corrected chi connectivity index (χ4v) is 1.31. The van der Waals surface area contributed by atoms with Crippen LogP contribution in [0.1, 0.15) is 10.4 Å². The Morgan fingerprint density at radius 3 is 3.00 bits per heavy atom. The predicted octanol–water partition coefficient (Wildman–Crippen LogP) is 0.0220.